The van der Waals surface area contributed by atoms with Crippen LogP contribution in [-0.2, 0) is 0 Å². The smallest absolute Gasteiger partial charge is 0.220 e. The number of aliphatic hydroxyl groups excluding tert-OH is 3. The minimum atomic E-state index is 0.161. The molecule has 0 aliphatic rings. The van der Waals surface area contributed by atoms with Crippen molar-refractivity contribution in [3.63, 3.8) is 0 Å². The molecule has 0 saturated carbocycles. The van der Waals surface area contributed by atoms with Gasteiger partial charge in [-0.25, -0.2) is 24.9 Å². The van der Waals surface area contributed by atoms with E-state index in [9.17, 15) is 15.3 Å². The lowest BCUT2D eigenvalue weighted by Crippen LogP contribution is -2.28. The van der Waals surface area contributed by atoms with Gasteiger partial charge >= 0.3 is 0 Å². The maximum Gasteiger partial charge on any atom is 0.220 e. The average molecular weight is 1290 g/mol. The van der Waals surface area contributed by atoms with Crippen molar-refractivity contribution >= 4 is 77.3 Å². The molecular weight excluding hydrogens is 1180 g/mol. The number of hydrogen-bond donors (Lipinski definition) is 4. The van der Waals surface area contributed by atoms with Crippen LogP contribution in [0.15, 0.2) is 152 Å². The van der Waals surface area contributed by atoms with E-state index in [0.29, 0.717) is 55.0 Å². The van der Waals surface area contributed by atoms with Crippen LogP contribution in [0.1, 0.15) is 138 Å². The highest BCUT2D eigenvalue weighted by Gasteiger charge is 2.11. The zero-order valence-corrected chi connectivity index (χ0v) is 58.5. The van der Waals surface area contributed by atoms with Gasteiger partial charge in [-0.3, -0.25) is 4.98 Å². The van der Waals surface area contributed by atoms with Crippen molar-refractivity contribution < 1.29 is 20.1 Å². The van der Waals surface area contributed by atoms with Crippen LogP contribution in [0, 0.1) is 37.5 Å². The molecule has 4 heterocycles. The lowest BCUT2D eigenvalue weighted by atomic mass is 10.1. The van der Waals surface area contributed by atoms with E-state index in [-0.39, 0.29) is 19.8 Å². The molecule has 5 N–H and O–H groups in total. The van der Waals surface area contributed by atoms with Crippen LogP contribution in [0.3, 0.4) is 0 Å². The van der Waals surface area contributed by atoms with Crippen molar-refractivity contribution in [2.24, 2.45) is 23.7 Å². The molecule has 0 saturated heterocycles. The lowest BCUT2D eigenvalue weighted by molar-refractivity contribution is 0.300. The number of anilines is 5. The van der Waals surface area contributed by atoms with Crippen molar-refractivity contribution in [3.8, 4) is 5.88 Å². The number of aromatic nitrogens is 7. The zero-order chi connectivity index (χ0) is 68.7. The van der Waals surface area contributed by atoms with Crippen LogP contribution in [0.5, 0.6) is 5.88 Å². The van der Waals surface area contributed by atoms with Gasteiger partial charge in [-0.15, -0.1) is 0 Å². The van der Waals surface area contributed by atoms with E-state index in [1.54, 1.807) is 25.8 Å². The standard InChI is InChI=1S/C21H29N3O2.C20H28N4O.C20H26N2O.C18H23N3/c1-16(2)11-12-24(13-14-25)20-9-6-18(7-10-20)5-8-19-15-21(26-4)23-17(3)22-19;1-15(2)10-11-24(12-13-25)19-8-5-17(6-9-19)4-7-18-14-16(3)22-20(21)23-18;1-17(2)12-14-22(15-16-23)20-10-7-18(8-11-20)6-9-19-5-3-4-13-21-19;1-15(2)11-13-21(3)18-8-5-16(6-9-18)4-7-17-10-12-19-14-20-17/h5-10,15-16,25H,11-14H2,1-4H3;4-9,14-15,25H,10-13H2,1-3H3,(H2,21,22,23);3-11,13,17,23H,12,14-16H2,1-2H3;4-10,12,14-15H,11,13H2,1-3H3/b8-5+;7-4+;9-6+;7-4+. The first-order valence-corrected chi connectivity index (χ1v) is 33.4. The predicted molar refractivity (Wildman–Crippen MR) is 401 cm³/mol. The van der Waals surface area contributed by atoms with E-state index in [2.05, 4.69) is 226 Å². The highest BCUT2D eigenvalue weighted by atomic mass is 16.5. The summed E-state index contributed by atoms with van der Waals surface area (Å²) in [7, 11) is 3.75. The molecule has 8 aromatic rings. The molecule has 0 atom stereocenters. The highest BCUT2D eigenvalue weighted by Crippen LogP contribution is 2.23. The molecule has 16 heteroatoms. The first-order chi connectivity index (χ1) is 45.8. The summed E-state index contributed by atoms with van der Waals surface area (Å²) in [6.07, 6.45) is 25.7. The van der Waals surface area contributed by atoms with Crippen molar-refractivity contribution in [2.75, 3.05) is 105 Å². The van der Waals surface area contributed by atoms with Gasteiger partial charge in [-0.1, -0.05) is 134 Å². The fourth-order valence-corrected chi connectivity index (χ4v) is 9.58. The third kappa shape index (κ3) is 30.7. The molecule has 0 fully saturated rings. The molecular formula is C79H106N12O4. The summed E-state index contributed by atoms with van der Waals surface area (Å²) in [5.41, 5.74) is 19.2. The fraction of sp³-hybridized carbons (Fsp3) is 0.380. The maximum absolute atomic E-state index is 9.32. The van der Waals surface area contributed by atoms with Gasteiger partial charge in [0.2, 0.25) is 11.8 Å². The van der Waals surface area contributed by atoms with E-state index in [1.165, 1.54) is 17.7 Å². The molecule has 0 spiro atoms. The van der Waals surface area contributed by atoms with E-state index in [1.807, 2.05) is 86.7 Å². The lowest BCUT2D eigenvalue weighted by Gasteiger charge is -2.25. The Kier molecular flexibility index (Phi) is 34.7. The Morgan fingerprint density at radius 3 is 1.19 bits per heavy atom. The molecule has 16 nitrogen and oxygen atoms in total. The van der Waals surface area contributed by atoms with Crippen LogP contribution in [0.4, 0.5) is 28.7 Å². The number of rotatable bonds is 31. The number of nitrogen functional groups attached to an aromatic ring is 1. The number of nitrogens with two attached hydrogens (primary N) is 1. The summed E-state index contributed by atoms with van der Waals surface area (Å²) in [6.45, 7) is 28.0. The quantitative estimate of drug-likeness (QED) is 0.0320. The van der Waals surface area contributed by atoms with Crippen LogP contribution in [0.25, 0.3) is 48.6 Å². The first-order valence-electron chi connectivity index (χ1n) is 33.4. The molecule has 0 unspecified atom stereocenters. The summed E-state index contributed by atoms with van der Waals surface area (Å²) in [5.74, 6) is 4.24. The number of benzene rings is 4. The molecule has 4 aromatic carbocycles. The first kappa shape index (κ1) is 76.6. The summed E-state index contributed by atoms with van der Waals surface area (Å²) in [4.78, 5) is 38.2. The SMILES string of the molecule is CC(C)CCN(C)c1ccc(/C=C/c2ccncn2)cc1.CC(C)CCN(CCO)c1ccc(/C=C/c2ccccn2)cc1.COc1cc(/C=C/c2ccc(N(CCO)CCC(C)C)cc2)nc(C)n1.Cc1cc(/C=C/c2ccc(N(CCO)CCC(C)C)cc2)nc(N)n1. The summed E-state index contributed by atoms with van der Waals surface area (Å²) >= 11 is 0. The Balaban J connectivity index is 0.000000230. The van der Waals surface area contributed by atoms with E-state index in [0.717, 1.165) is 114 Å². The number of nitrogens with zero attached hydrogens (tertiary/aromatic N) is 11. The topological polar surface area (TPSA) is 199 Å². The number of hydrogen-bond acceptors (Lipinski definition) is 16. The molecule has 506 valence electrons. The minimum Gasteiger partial charge on any atom is -0.481 e. The van der Waals surface area contributed by atoms with E-state index in [4.69, 9.17) is 10.5 Å². The van der Waals surface area contributed by atoms with E-state index >= 15 is 0 Å². The molecule has 0 aliphatic carbocycles. The third-order valence-corrected chi connectivity index (χ3v) is 15.2. The Hall–Kier alpha value is -9.09. The maximum atomic E-state index is 9.32. The van der Waals surface area contributed by atoms with Crippen LogP contribution < -0.4 is 30.1 Å². The number of pyridine rings is 1. The number of aryl methyl sites for hydroxylation is 2. The Bertz CT molecular complexity index is 3470. The van der Waals surface area contributed by atoms with Gasteiger partial charge in [-0.2, -0.15) is 4.98 Å². The van der Waals surface area contributed by atoms with Crippen molar-refractivity contribution in [1.29, 1.82) is 0 Å². The number of aliphatic hydroxyl groups is 3. The Morgan fingerprint density at radius 2 is 0.821 bits per heavy atom. The molecule has 8 rings (SSSR count). The van der Waals surface area contributed by atoms with Gasteiger partial charge in [-0.05, 0) is 183 Å². The van der Waals surface area contributed by atoms with Crippen molar-refractivity contribution in [2.45, 2.75) is 94.9 Å². The largest absolute Gasteiger partial charge is 0.481 e. The van der Waals surface area contributed by atoms with Crippen LogP contribution in [-0.4, -0.2) is 130 Å². The molecule has 0 radical (unpaired) electrons. The van der Waals surface area contributed by atoms with Gasteiger partial charge < -0.3 is 45.4 Å². The molecule has 0 amide bonds. The number of methoxy groups -OCH3 is 1. The minimum absolute atomic E-state index is 0.161. The van der Waals surface area contributed by atoms with Crippen molar-refractivity contribution in [1.82, 2.24) is 34.9 Å². The van der Waals surface area contributed by atoms with Crippen LogP contribution in [0.2, 0.25) is 0 Å². The second kappa shape index (κ2) is 43.0. The van der Waals surface area contributed by atoms with E-state index < -0.39 is 0 Å². The van der Waals surface area contributed by atoms with Crippen molar-refractivity contribution in [3.05, 3.63) is 209 Å². The van der Waals surface area contributed by atoms with Gasteiger partial charge in [0.1, 0.15) is 12.2 Å². The number of ether oxygens (including phenoxy) is 1. The second-order valence-corrected chi connectivity index (χ2v) is 25.0. The Morgan fingerprint density at radius 1 is 0.421 bits per heavy atom. The van der Waals surface area contributed by atoms with Gasteiger partial charge in [0, 0.05) is 99.8 Å². The highest BCUT2D eigenvalue weighted by molar-refractivity contribution is 5.72. The molecule has 4 aromatic heterocycles. The zero-order valence-electron chi connectivity index (χ0n) is 58.5. The molecule has 95 heavy (non-hydrogen) atoms. The predicted octanol–water partition coefficient (Wildman–Crippen LogP) is 15.4. The van der Waals surface area contributed by atoms with Gasteiger partial charge in [0.25, 0.3) is 0 Å². The van der Waals surface area contributed by atoms with Crippen LogP contribution >= 0.6 is 0 Å². The normalized spacial score (nSPS) is 11.3. The summed E-state index contributed by atoms with van der Waals surface area (Å²) < 4.78 is 5.18. The summed E-state index contributed by atoms with van der Waals surface area (Å²) in [6, 6.07) is 45.2. The molecule has 0 aliphatic heterocycles. The van der Waals surface area contributed by atoms with Gasteiger partial charge in [0.15, 0.2) is 0 Å². The second-order valence-electron chi connectivity index (χ2n) is 25.0. The summed E-state index contributed by atoms with van der Waals surface area (Å²) in [5, 5.41) is 27.9. The fourth-order valence-electron chi connectivity index (χ4n) is 9.58. The van der Waals surface area contributed by atoms with Gasteiger partial charge in [0.05, 0.1) is 49.7 Å². The molecule has 0 bridgehead atoms. The monoisotopic (exact) mass is 1290 g/mol. The average Bonchev–Trinajstić information content (AvgIpc) is 1.86. The Labute approximate surface area is 567 Å². The third-order valence-electron chi connectivity index (χ3n) is 15.2.